The molecule has 1 atom stereocenters. The highest BCUT2D eigenvalue weighted by Crippen LogP contribution is 2.19. The number of nitrogens with two attached hydrogens (primary N) is 1. The van der Waals surface area contributed by atoms with Crippen molar-refractivity contribution in [3.63, 3.8) is 0 Å². The van der Waals surface area contributed by atoms with Crippen LogP contribution in [-0.4, -0.2) is 22.7 Å². The summed E-state index contributed by atoms with van der Waals surface area (Å²) in [4.78, 5) is 4.02. The average molecular weight is 220 g/mol. The Labute approximate surface area is 94.9 Å². The van der Waals surface area contributed by atoms with E-state index in [4.69, 9.17) is 11.0 Å². The van der Waals surface area contributed by atoms with Gasteiger partial charge >= 0.3 is 0 Å². The Morgan fingerprint density at radius 2 is 2.31 bits per heavy atom. The van der Waals surface area contributed by atoms with Crippen LogP contribution in [0.3, 0.4) is 0 Å². The van der Waals surface area contributed by atoms with Gasteiger partial charge in [0.2, 0.25) is 0 Å². The zero-order valence-corrected chi connectivity index (χ0v) is 9.44. The highest BCUT2D eigenvalue weighted by Gasteiger charge is 2.11. The Balaban J connectivity index is 2.72. The molecule has 1 rings (SSSR count). The Morgan fingerprint density at radius 1 is 1.62 bits per heavy atom. The third kappa shape index (κ3) is 2.84. The van der Waals surface area contributed by atoms with Gasteiger partial charge in [0.15, 0.2) is 5.82 Å². The summed E-state index contributed by atoms with van der Waals surface area (Å²) < 4.78 is 0. The molecule has 0 saturated heterocycles. The second-order valence-corrected chi connectivity index (χ2v) is 3.92. The molecular weight excluding hydrogens is 204 g/mol. The highest BCUT2D eigenvalue weighted by molar-refractivity contribution is 5.68. The van der Waals surface area contributed by atoms with E-state index in [0.29, 0.717) is 23.6 Å². The fourth-order valence-corrected chi connectivity index (χ4v) is 1.15. The van der Waals surface area contributed by atoms with Gasteiger partial charge in [-0.3, -0.25) is 0 Å². The standard InChI is InChI=1S/C11H16N4O/c1-7(2)9(16)6-15-11-10(13)8(5-12)3-4-14-11/h3-4,7,9,16H,6,13H2,1-2H3,(H,14,15). The van der Waals surface area contributed by atoms with Crippen molar-refractivity contribution < 1.29 is 5.11 Å². The van der Waals surface area contributed by atoms with Crippen LogP contribution in [0.2, 0.25) is 0 Å². The largest absolute Gasteiger partial charge is 0.395 e. The number of aromatic nitrogens is 1. The molecule has 0 aliphatic rings. The molecule has 1 aromatic heterocycles. The molecule has 1 unspecified atom stereocenters. The molecule has 0 radical (unpaired) electrons. The molecule has 0 spiro atoms. The third-order valence-electron chi connectivity index (χ3n) is 2.36. The molecule has 4 N–H and O–H groups in total. The van der Waals surface area contributed by atoms with Crippen LogP contribution >= 0.6 is 0 Å². The van der Waals surface area contributed by atoms with Gasteiger partial charge in [-0.25, -0.2) is 4.98 Å². The van der Waals surface area contributed by atoms with Gasteiger partial charge in [-0.1, -0.05) is 13.8 Å². The van der Waals surface area contributed by atoms with E-state index < -0.39 is 6.10 Å². The summed E-state index contributed by atoms with van der Waals surface area (Å²) in [5.41, 5.74) is 6.43. The van der Waals surface area contributed by atoms with Gasteiger partial charge < -0.3 is 16.2 Å². The summed E-state index contributed by atoms with van der Waals surface area (Å²) in [6.45, 7) is 4.22. The molecule has 1 heterocycles. The maximum atomic E-state index is 9.61. The number of nitriles is 1. The topological polar surface area (TPSA) is 95.0 Å². The van der Waals surface area contributed by atoms with E-state index in [2.05, 4.69) is 10.3 Å². The summed E-state index contributed by atoms with van der Waals surface area (Å²) >= 11 is 0. The Kier molecular flexibility index (Phi) is 4.09. The lowest BCUT2D eigenvalue weighted by molar-refractivity contribution is 0.138. The Bertz CT molecular complexity index is 397. The van der Waals surface area contributed by atoms with E-state index in [0.717, 1.165) is 0 Å². The molecule has 16 heavy (non-hydrogen) atoms. The van der Waals surface area contributed by atoms with E-state index in [9.17, 15) is 5.11 Å². The molecule has 0 aromatic carbocycles. The summed E-state index contributed by atoms with van der Waals surface area (Å²) in [5.74, 6) is 0.603. The molecule has 0 fully saturated rings. The van der Waals surface area contributed by atoms with Crippen LogP contribution in [0.1, 0.15) is 19.4 Å². The zero-order chi connectivity index (χ0) is 12.1. The molecular formula is C11H16N4O. The van der Waals surface area contributed by atoms with Gasteiger partial charge in [-0.2, -0.15) is 5.26 Å². The van der Waals surface area contributed by atoms with Crippen LogP contribution in [0.4, 0.5) is 11.5 Å². The molecule has 5 nitrogen and oxygen atoms in total. The molecule has 5 heteroatoms. The average Bonchev–Trinajstić information content (AvgIpc) is 2.27. The van der Waals surface area contributed by atoms with Gasteiger partial charge in [0.25, 0.3) is 0 Å². The molecule has 0 bridgehead atoms. The predicted molar refractivity (Wildman–Crippen MR) is 62.7 cm³/mol. The molecule has 0 saturated carbocycles. The maximum Gasteiger partial charge on any atom is 0.150 e. The van der Waals surface area contributed by atoms with Gasteiger partial charge in [-0.15, -0.1) is 0 Å². The van der Waals surface area contributed by atoms with Crippen molar-refractivity contribution in [1.82, 2.24) is 4.98 Å². The van der Waals surface area contributed by atoms with Crippen molar-refractivity contribution in [2.45, 2.75) is 20.0 Å². The van der Waals surface area contributed by atoms with Crippen LogP contribution in [0.15, 0.2) is 12.3 Å². The first-order chi connectivity index (χ1) is 7.56. The van der Waals surface area contributed by atoms with Crippen LogP contribution in [0, 0.1) is 17.2 Å². The van der Waals surface area contributed by atoms with E-state index in [1.807, 2.05) is 19.9 Å². The maximum absolute atomic E-state index is 9.61. The van der Waals surface area contributed by atoms with Crippen LogP contribution in [-0.2, 0) is 0 Å². The molecule has 1 aromatic rings. The predicted octanol–water partition coefficient (Wildman–Crippen LogP) is 0.964. The van der Waals surface area contributed by atoms with Gasteiger partial charge in [0.1, 0.15) is 6.07 Å². The minimum Gasteiger partial charge on any atom is -0.395 e. The van der Waals surface area contributed by atoms with Gasteiger partial charge in [0, 0.05) is 12.7 Å². The van der Waals surface area contributed by atoms with Gasteiger partial charge in [-0.05, 0) is 12.0 Å². The monoisotopic (exact) mass is 220 g/mol. The zero-order valence-electron chi connectivity index (χ0n) is 9.44. The summed E-state index contributed by atoms with van der Waals surface area (Å²) in [6, 6.07) is 3.53. The minimum absolute atomic E-state index is 0.160. The third-order valence-corrected chi connectivity index (χ3v) is 2.36. The highest BCUT2D eigenvalue weighted by atomic mass is 16.3. The number of aliphatic hydroxyl groups excluding tert-OH is 1. The van der Waals surface area contributed by atoms with Crippen molar-refractivity contribution in [3.8, 4) is 6.07 Å². The second kappa shape index (κ2) is 5.33. The quantitative estimate of drug-likeness (QED) is 0.702. The summed E-state index contributed by atoms with van der Waals surface area (Å²) in [7, 11) is 0. The lowest BCUT2D eigenvalue weighted by Crippen LogP contribution is -2.25. The Hall–Kier alpha value is -1.80. The minimum atomic E-state index is -0.466. The van der Waals surface area contributed by atoms with Crippen molar-refractivity contribution in [2.75, 3.05) is 17.6 Å². The SMILES string of the molecule is CC(C)C(O)CNc1nccc(C#N)c1N. The lowest BCUT2D eigenvalue weighted by Gasteiger charge is -2.16. The van der Waals surface area contributed by atoms with E-state index in [1.165, 1.54) is 6.20 Å². The molecule has 0 amide bonds. The molecule has 0 aliphatic carbocycles. The van der Waals surface area contributed by atoms with E-state index in [1.54, 1.807) is 6.07 Å². The summed E-state index contributed by atoms with van der Waals surface area (Å²) in [6.07, 6.45) is 1.05. The van der Waals surface area contributed by atoms with Crippen molar-refractivity contribution in [2.24, 2.45) is 5.92 Å². The first-order valence-electron chi connectivity index (χ1n) is 5.12. The normalized spacial score (nSPS) is 12.2. The number of hydrogen-bond donors (Lipinski definition) is 3. The number of nitrogens with zero attached hydrogens (tertiary/aromatic N) is 2. The van der Waals surface area contributed by atoms with Crippen molar-refractivity contribution >= 4 is 11.5 Å². The van der Waals surface area contributed by atoms with Gasteiger partial charge in [0.05, 0.1) is 17.4 Å². The van der Waals surface area contributed by atoms with Crippen LogP contribution < -0.4 is 11.1 Å². The fourth-order valence-electron chi connectivity index (χ4n) is 1.15. The lowest BCUT2D eigenvalue weighted by atomic mass is 10.1. The number of nitrogens with one attached hydrogen (secondary N) is 1. The smallest absolute Gasteiger partial charge is 0.150 e. The van der Waals surface area contributed by atoms with Crippen LogP contribution in [0.5, 0.6) is 0 Å². The van der Waals surface area contributed by atoms with E-state index >= 15 is 0 Å². The van der Waals surface area contributed by atoms with E-state index in [-0.39, 0.29) is 5.92 Å². The number of rotatable bonds is 4. The van der Waals surface area contributed by atoms with Crippen molar-refractivity contribution in [3.05, 3.63) is 17.8 Å². The molecule has 0 aliphatic heterocycles. The number of aliphatic hydroxyl groups is 1. The first kappa shape index (κ1) is 12.3. The summed E-state index contributed by atoms with van der Waals surface area (Å²) in [5, 5.41) is 21.3. The molecule has 86 valence electrons. The van der Waals surface area contributed by atoms with Crippen LogP contribution in [0.25, 0.3) is 0 Å². The number of anilines is 2. The number of nitrogen functional groups attached to an aromatic ring is 1. The number of hydrogen-bond acceptors (Lipinski definition) is 5. The second-order valence-electron chi connectivity index (χ2n) is 3.92. The first-order valence-corrected chi connectivity index (χ1v) is 5.12. The van der Waals surface area contributed by atoms with Crippen molar-refractivity contribution in [1.29, 1.82) is 5.26 Å². The number of pyridine rings is 1. The fraction of sp³-hybridized carbons (Fsp3) is 0.455. The Morgan fingerprint density at radius 3 is 2.88 bits per heavy atom.